The Hall–Kier alpha value is -1.83. The second kappa shape index (κ2) is 11.7. The molecule has 0 aliphatic carbocycles. The number of halogens is 1. The molecule has 7 heteroatoms. The number of nitrogens with zero attached hydrogens (tertiary/aromatic N) is 2. The summed E-state index contributed by atoms with van der Waals surface area (Å²) in [6.45, 7) is 3.65. The highest BCUT2D eigenvalue weighted by Crippen LogP contribution is 2.22. The van der Waals surface area contributed by atoms with Crippen LogP contribution >= 0.6 is 27.7 Å². The standard InChI is InChI=1S/C19H22BrN3O2S/c1-2-24-10-11-25-18-9-8-17(20)12-16(18)13-22-23-19(21)26-14-15-6-4-3-5-7-15/h3-9,12-13H,2,10-11,14H2,1H3,(H2,21,23). The number of rotatable bonds is 9. The molecule has 0 saturated carbocycles. The van der Waals surface area contributed by atoms with Crippen LogP contribution in [0.2, 0.25) is 0 Å². The summed E-state index contributed by atoms with van der Waals surface area (Å²) in [6, 6.07) is 15.8. The first-order valence-corrected chi connectivity index (χ1v) is 10.00. The van der Waals surface area contributed by atoms with Crippen molar-refractivity contribution in [3.63, 3.8) is 0 Å². The summed E-state index contributed by atoms with van der Waals surface area (Å²) in [6.07, 6.45) is 1.64. The van der Waals surface area contributed by atoms with Crippen molar-refractivity contribution in [2.45, 2.75) is 12.7 Å². The Morgan fingerprint density at radius 2 is 2.00 bits per heavy atom. The van der Waals surface area contributed by atoms with Crippen LogP contribution < -0.4 is 10.5 Å². The molecule has 0 fully saturated rings. The van der Waals surface area contributed by atoms with Crippen molar-refractivity contribution < 1.29 is 9.47 Å². The van der Waals surface area contributed by atoms with E-state index in [1.54, 1.807) is 6.21 Å². The van der Waals surface area contributed by atoms with Crippen LogP contribution in [0.15, 0.2) is 63.2 Å². The minimum Gasteiger partial charge on any atom is -0.491 e. The summed E-state index contributed by atoms with van der Waals surface area (Å²) < 4.78 is 12.0. The molecular formula is C19H22BrN3O2S. The number of benzene rings is 2. The number of thioether (sulfide) groups is 1. The van der Waals surface area contributed by atoms with E-state index in [2.05, 4.69) is 38.3 Å². The molecule has 0 saturated heterocycles. The fraction of sp³-hybridized carbons (Fsp3) is 0.263. The highest BCUT2D eigenvalue weighted by Gasteiger charge is 2.03. The molecule has 0 spiro atoms. The zero-order valence-corrected chi connectivity index (χ0v) is 17.0. The Morgan fingerprint density at radius 1 is 1.19 bits per heavy atom. The third kappa shape index (κ3) is 7.59. The maximum Gasteiger partial charge on any atom is 0.180 e. The summed E-state index contributed by atoms with van der Waals surface area (Å²) in [4.78, 5) is 0. The van der Waals surface area contributed by atoms with Gasteiger partial charge < -0.3 is 15.2 Å². The number of ether oxygens (including phenoxy) is 2. The van der Waals surface area contributed by atoms with Crippen LogP contribution in [0.4, 0.5) is 0 Å². The predicted molar refractivity (Wildman–Crippen MR) is 113 cm³/mol. The molecule has 0 unspecified atom stereocenters. The predicted octanol–water partition coefficient (Wildman–Crippen LogP) is 4.45. The van der Waals surface area contributed by atoms with Crippen LogP contribution in [0.1, 0.15) is 18.1 Å². The smallest absolute Gasteiger partial charge is 0.180 e. The molecule has 2 rings (SSSR count). The van der Waals surface area contributed by atoms with E-state index >= 15 is 0 Å². The Labute approximate surface area is 166 Å². The highest BCUT2D eigenvalue weighted by atomic mass is 79.9. The van der Waals surface area contributed by atoms with Crippen molar-refractivity contribution in [1.82, 2.24) is 0 Å². The summed E-state index contributed by atoms with van der Waals surface area (Å²) in [5.41, 5.74) is 7.92. The Morgan fingerprint density at radius 3 is 2.77 bits per heavy atom. The summed E-state index contributed by atoms with van der Waals surface area (Å²) in [5, 5.41) is 8.55. The largest absolute Gasteiger partial charge is 0.491 e. The molecule has 0 aromatic heterocycles. The van der Waals surface area contributed by atoms with Gasteiger partial charge in [-0.05, 0) is 30.7 Å². The number of nitrogens with two attached hydrogens (primary N) is 1. The van der Waals surface area contributed by atoms with Gasteiger partial charge in [-0.15, -0.1) is 5.10 Å². The highest BCUT2D eigenvalue weighted by molar-refractivity contribution is 9.10. The summed E-state index contributed by atoms with van der Waals surface area (Å²) in [7, 11) is 0. The van der Waals surface area contributed by atoms with E-state index < -0.39 is 0 Å². The van der Waals surface area contributed by atoms with Crippen molar-refractivity contribution in [2.24, 2.45) is 15.9 Å². The van der Waals surface area contributed by atoms with E-state index in [-0.39, 0.29) is 0 Å². The average molecular weight is 436 g/mol. The van der Waals surface area contributed by atoms with Crippen LogP contribution in [0, 0.1) is 0 Å². The van der Waals surface area contributed by atoms with Crippen molar-refractivity contribution in [1.29, 1.82) is 0 Å². The lowest BCUT2D eigenvalue weighted by molar-refractivity contribution is 0.110. The lowest BCUT2D eigenvalue weighted by atomic mass is 10.2. The third-order valence-corrected chi connectivity index (χ3v) is 4.59. The van der Waals surface area contributed by atoms with Gasteiger partial charge in [-0.25, -0.2) is 0 Å². The molecule has 0 heterocycles. The number of hydrogen-bond acceptors (Lipinski definition) is 5. The Kier molecular flexibility index (Phi) is 9.23. The minimum absolute atomic E-state index is 0.416. The van der Waals surface area contributed by atoms with Gasteiger partial charge in [-0.1, -0.05) is 58.0 Å². The van der Waals surface area contributed by atoms with Gasteiger partial charge >= 0.3 is 0 Å². The van der Waals surface area contributed by atoms with Gasteiger partial charge in [0.15, 0.2) is 5.17 Å². The van der Waals surface area contributed by atoms with Crippen LogP contribution in [0.5, 0.6) is 5.75 Å². The molecule has 0 atom stereocenters. The van der Waals surface area contributed by atoms with E-state index in [0.29, 0.717) is 25.0 Å². The molecule has 138 valence electrons. The average Bonchev–Trinajstić information content (AvgIpc) is 2.66. The van der Waals surface area contributed by atoms with E-state index in [1.165, 1.54) is 17.3 Å². The topological polar surface area (TPSA) is 69.2 Å². The van der Waals surface area contributed by atoms with E-state index in [1.807, 2.05) is 43.3 Å². The van der Waals surface area contributed by atoms with Crippen LogP contribution in [-0.4, -0.2) is 31.2 Å². The first-order valence-electron chi connectivity index (χ1n) is 8.22. The molecule has 5 nitrogen and oxygen atoms in total. The molecule has 0 aliphatic rings. The van der Waals surface area contributed by atoms with Crippen molar-refractivity contribution in [3.05, 3.63) is 64.1 Å². The minimum atomic E-state index is 0.416. The van der Waals surface area contributed by atoms with Crippen LogP contribution in [0.3, 0.4) is 0 Å². The molecule has 26 heavy (non-hydrogen) atoms. The molecule has 2 aromatic carbocycles. The maximum absolute atomic E-state index is 5.91. The second-order valence-electron chi connectivity index (χ2n) is 5.18. The van der Waals surface area contributed by atoms with E-state index in [4.69, 9.17) is 15.2 Å². The van der Waals surface area contributed by atoms with Crippen molar-refractivity contribution >= 4 is 39.1 Å². The number of hydrogen-bond donors (Lipinski definition) is 1. The molecular weight excluding hydrogens is 414 g/mol. The lowest BCUT2D eigenvalue weighted by Crippen LogP contribution is -2.07. The van der Waals surface area contributed by atoms with Crippen molar-refractivity contribution in [3.8, 4) is 5.75 Å². The SMILES string of the molecule is CCOCCOc1ccc(Br)cc1C=NN=C(N)SCc1ccccc1. The summed E-state index contributed by atoms with van der Waals surface area (Å²) in [5.74, 6) is 1.48. The van der Waals surface area contributed by atoms with Gasteiger partial charge in [0, 0.05) is 22.4 Å². The molecule has 2 N–H and O–H groups in total. The Bertz CT molecular complexity index is 739. The van der Waals surface area contributed by atoms with Gasteiger partial charge in [0.05, 0.1) is 12.8 Å². The second-order valence-corrected chi connectivity index (χ2v) is 7.10. The Balaban J connectivity index is 1.93. The fourth-order valence-corrected chi connectivity index (χ4v) is 3.01. The molecule has 0 amide bonds. The molecule has 0 bridgehead atoms. The fourth-order valence-electron chi connectivity index (χ4n) is 2.01. The zero-order valence-electron chi connectivity index (χ0n) is 14.6. The normalized spacial score (nSPS) is 11.8. The van der Waals surface area contributed by atoms with Gasteiger partial charge in [0.2, 0.25) is 0 Å². The molecule has 0 aliphatic heterocycles. The zero-order chi connectivity index (χ0) is 18.6. The quantitative estimate of drug-likeness (QED) is 0.273. The van der Waals surface area contributed by atoms with Gasteiger partial charge in [-0.2, -0.15) is 5.10 Å². The van der Waals surface area contributed by atoms with Crippen LogP contribution in [-0.2, 0) is 10.5 Å². The van der Waals surface area contributed by atoms with Crippen molar-refractivity contribution in [2.75, 3.05) is 19.8 Å². The molecule has 2 aromatic rings. The monoisotopic (exact) mass is 435 g/mol. The van der Waals surface area contributed by atoms with E-state index in [0.717, 1.165) is 21.5 Å². The third-order valence-electron chi connectivity index (χ3n) is 3.24. The van der Waals surface area contributed by atoms with Gasteiger partial charge in [0.25, 0.3) is 0 Å². The first kappa shape index (κ1) is 20.5. The van der Waals surface area contributed by atoms with E-state index in [9.17, 15) is 0 Å². The number of amidine groups is 1. The van der Waals surface area contributed by atoms with Gasteiger partial charge in [-0.3, -0.25) is 0 Å². The van der Waals surface area contributed by atoms with Gasteiger partial charge in [0.1, 0.15) is 12.4 Å². The van der Waals surface area contributed by atoms with Crippen LogP contribution in [0.25, 0.3) is 0 Å². The maximum atomic E-state index is 5.91. The molecule has 0 radical (unpaired) electrons. The lowest BCUT2D eigenvalue weighted by Gasteiger charge is -2.09. The first-order chi connectivity index (χ1) is 12.7. The summed E-state index contributed by atoms with van der Waals surface area (Å²) >= 11 is 4.90.